The van der Waals surface area contributed by atoms with E-state index in [1.807, 2.05) is 85.8 Å². The Hall–Kier alpha value is -3.51. The summed E-state index contributed by atoms with van der Waals surface area (Å²) in [6.07, 6.45) is 4.61. The van der Waals surface area contributed by atoms with Crippen molar-refractivity contribution in [2.24, 2.45) is 17.8 Å². The molecule has 0 aliphatic heterocycles. The van der Waals surface area contributed by atoms with E-state index in [9.17, 15) is 4.79 Å². The Balaban J connectivity index is 1.63. The van der Waals surface area contributed by atoms with Crippen LogP contribution in [-0.2, 0) is 20.9 Å². The zero-order chi connectivity index (χ0) is 27.2. The summed E-state index contributed by atoms with van der Waals surface area (Å²) in [5.74, 6) is 2.16. The molecule has 1 unspecified atom stereocenters. The minimum atomic E-state index is -1.22. The van der Waals surface area contributed by atoms with Gasteiger partial charge in [0.05, 0.1) is 33.5 Å². The molecule has 0 radical (unpaired) electrons. The Bertz CT molecular complexity index is 1200. The molecule has 2 fully saturated rings. The molecule has 5 rings (SSSR count). The van der Waals surface area contributed by atoms with Crippen molar-refractivity contribution in [2.75, 3.05) is 26.1 Å². The van der Waals surface area contributed by atoms with Crippen molar-refractivity contribution in [1.82, 2.24) is 0 Å². The molecule has 5 atom stereocenters. The predicted octanol–water partition coefficient (Wildman–Crippen LogP) is 6.81. The van der Waals surface area contributed by atoms with Crippen molar-refractivity contribution < 1.29 is 23.7 Å². The van der Waals surface area contributed by atoms with E-state index in [0.717, 1.165) is 41.2 Å². The van der Waals surface area contributed by atoms with Gasteiger partial charge in [0, 0.05) is 11.6 Å². The van der Waals surface area contributed by atoms with Gasteiger partial charge in [0.2, 0.25) is 0 Å². The summed E-state index contributed by atoms with van der Waals surface area (Å²) < 4.78 is 23.7. The van der Waals surface area contributed by atoms with Crippen molar-refractivity contribution in [3.8, 4) is 11.5 Å². The zero-order valence-corrected chi connectivity index (χ0v) is 23.1. The standard InChI is InChI=1S/C33H39NO5/c1-4-38-32(35)33(30-28-12-8-9-13-29(28)30,39-22-23-10-6-5-7-11-23)31(24-14-18-26(36-2)19-15-24)34-25-16-20-27(37-3)21-17-25/h5-7,10-11,14-21,28-31,34H,4,8-9,12-13,22H2,1-3H3/t28-,29+,30?,31-,33+/m0/s1. The molecule has 6 heteroatoms. The van der Waals surface area contributed by atoms with Crippen LogP contribution in [0.15, 0.2) is 78.9 Å². The first-order chi connectivity index (χ1) is 19.1. The highest BCUT2D eigenvalue weighted by Gasteiger charge is 2.68. The molecule has 6 nitrogen and oxygen atoms in total. The van der Waals surface area contributed by atoms with Gasteiger partial charge in [-0.05, 0) is 79.1 Å². The number of hydrogen-bond donors (Lipinski definition) is 1. The number of esters is 1. The van der Waals surface area contributed by atoms with Crippen LogP contribution in [-0.4, -0.2) is 32.4 Å². The van der Waals surface area contributed by atoms with Crippen LogP contribution in [0.1, 0.15) is 49.8 Å². The van der Waals surface area contributed by atoms with E-state index in [0.29, 0.717) is 18.4 Å². The van der Waals surface area contributed by atoms with E-state index < -0.39 is 11.6 Å². The molecule has 3 aromatic carbocycles. The quantitative estimate of drug-likeness (QED) is 0.260. The fourth-order valence-corrected chi connectivity index (χ4v) is 6.42. The third kappa shape index (κ3) is 5.62. The highest BCUT2D eigenvalue weighted by atomic mass is 16.6. The molecule has 2 aliphatic rings. The molecule has 2 saturated carbocycles. The Morgan fingerprint density at radius 1 is 0.872 bits per heavy atom. The second kappa shape index (κ2) is 12.1. The van der Waals surface area contributed by atoms with E-state index in [4.69, 9.17) is 18.9 Å². The summed E-state index contributed by atoms with van der Waals surface area (Å²) >= 11 is 0. The molecule has 1 N–H and O–H groups in total. The van der Waals surface area contributed by atoms with Gasteiger partial charge in [-0.25, -0.2) is 4.79 Å². The van der Waals surface area contributed by atoms with Crippen LogP contribution in [0.25, 0.3) is 0 Å². The average Bonchev–Trinajstić information content (AvgIpc) is 3.73. The average molecular weight is 530 g/mol. The highest BCUT2D eigenvalue weighted by Crippen LogP contribution is 2.64. The number of methoxy groups -OCH3 is 2. The van der Waals surface area contributed by atoms with E-state index in [2.05, 4.69) is 5.32 Å². The minimum Gasteiger partial charge on any atom is -0.497 e. The van der Waals surface area contributed by atoms with Gasteiger partial charge in [0.1, 0.15) is 11.5 Å². The molecule has 39 heavy (non-hydrogen) atoms. The van der Waals surface area contributed by atoms with Crippen molar-refractivity contribution in [3.05, 3.63) is 90.0 Å². The fraction of sp³-hybridized carbons (Fsp3) is 0.424. The van der Waals surface area contributed by atoms with Crippen LogP contribution < -0.4 is 14.8 Å². The van der Waals surface area contributed by atoms with Crippen molar-refractivity contribution in [1.29, 1.82) is 0 Å². The first kappa shape index (κ1) is 27.1. The molecule has 206 valence electrons. The predicted molar refractivity (Wildman–Crippen MR) is 152 cm³/mol. The third-order valence-corrected chi connectivity index (χ3v) is 8.35. The lowest BCUT2D eigenvalue weighted by Gasteiger charge is -2.40. The van der Waals surface area contributed by atoms with Crippen molar-refractivity contribution in [2.45, 2.75) is 50.9 Å². The van der Waals surface area contributed by atoms with Gasteiger partial charge in [-0.3, -0.25) is 0 Å². The molecular formula is C33H39NO5. The normalized spacial score (nSPS) is 22.1. The maximum absolute atomic E-state index is 14.3. The van der Waals surface area contributed by atoms with Crippen LogP contribution in [0.5, 0.6) is 11.5 Å². The van der Waals surface area contributed by atoms with E-state index in [-0.39, 0.29) is 18.5 Å². The van der Waals surface area contributed by atoms with Crippen LogP contribution in [0, 0.1) is 17.8 Å². The van der Waals surface area contributed by atoms with Gasteiger partial charge in [-0.2, -0.15) is 0 Å². The monoisotopic (exact) mass is 529 g/mol. The molecule has 3 aromatic rings. The van der Waals surface area contributed by atoms with E-state index in [1.54, 1.807) is 14.2 Å². The second-order valence-corrected chi connectivity index (χ2v) is 10.5. The zero-order valence-electron chi connectivity index (χ0n) is 23.1. The largest absolute Gasteiger partial charge is 0.497 e. The molecule has 0 heterocycles. The summed E-state index contributed by atoms with van der Waals surface area (Å²) in [5, 5.41) is 3.71. The van der Waals surface area contributed by atoms with Gasteiger partial charge in [0.15, 0.2) is 5.60 Å². The molecule has 0 aromatic heterocycles. The Kier molecular flexibility index (Phi) is 8.41. The van der Waals surface area contributed by atoms with Crippen LogP contribution in [0.3, 0.4) is 0 Å². The SMILES string of the molecule is CCOC(=O)[C@@](OCc1ccccc1)(C1[C@H]2CCCC[C@@H]12)[C@@H](Nc1ccc(OC)cc1)c1ccc(OC)cc1. The highest BCUT2D eigenvalue weighted by molar-refractivity contribution is 5.83. The molecule has 0 saturated heterocycles. The van der Waals surface area contributed by atoms with Crippen LogP contribution >= 0.6 is 0 Å². The molecular weight excluding hydrogens is 490 g/mol. The fourth-order valence-electron chi connectivity index (χ4n) is 6.42. The number of ether oxygens (including phenoxy) is 4. The number of nitrogens with one attached hydrogen (secondary N) is 1. The number of rotatable bonds is 12. The Morgan fingerprint density at radius 3 is 2.03 bits per heavy atom. The summed E-state index contributed by atoms with van der Waals surface area (Å²) in [6.45, 7) is 2.46. The topological polar surface area (TPSA) is 66.0 Å². The first-order valence-electron chi connectivity index (χ1n) is 14.0. The first-order valence-corrected chi connectivity index (χ1v) is 14.0. The Labute approximate surface area is 231 Å². The number of carbonyl (C=O) groups excluding carboxylic acids is 1. The van der Waals surface area contributed by atoms with E-state index >= 15 is 0 Å². The summed E-state index contributed by atoms with van der Waals surface area (Å²) in [4.78, 5) is 14.3. The summed E-state index contributed by atoms with van der Waals surface area (Å²) in [7, 11) is 3.31. The third-order valence-electron chi connectivity index (χ3n) is 8.35. The molecule has 0 spiro atoms. The van der Waals surface area contributed by atoms with Crippen molar-refractivity contribution >= 4 is 11.7 Å². The number of fused-ring (bicyclic) bond motifs is 1. The van der Waals surface area contributed by atoms with Crippen LogP contribution in [0.2, 0.25) is 0 Å². The second-order valence-electron chi connectivity index (χ2n) is 10.5. The lowest BCUT2D eigenvalue weighted by molar-refractivity contribution is -0.183. The molecule has 0 amide bonds. The molecule has 2 aliphatic carbocycles. The molecule has 0 bridgehead atoms. The van der Waals surface area contributed by atoms with Gasteiger partial charge >= 0.3 is 5.97 Å². The lowest BCUT2D eigenvalue weighted by atomic mass is 9.81. The van der Waals surface area contributed by atoms with Crippen LogP contribution in [0.4, 0.5) is 5.69 Å². The summed E-state index contributed by atoms with van der Waals surface area (Å²) in [6, 6.07) is 25.3. The van der Waals surface area contributed by atoms with Gasteiger partial charge in [0.25, 0.3) is 0 Å². The Morgan fingerprint density at radius 2 is 1.46 bits per heavy atom. The lowest BCUT2D eigenvalue weighted by Crippen LogP contribution is -2.53. The van der Waals surface area contributed by atoms with Gasteiger partial charge < -0.3 is 24.3 Å². The summed E-state index contributed by atoms with van der Waals surface area (Å²) in [5.41, 5.74) is 1.61. The van der Waals surface area contributed by atoms with E-state index in [1.165, 1.54) is 12.8 Å². The number of benzene rings is 3. The minimum absolute atomic E-state index is 0.0561. The number of carbonyl (C=O) groups is 1. The smallest absolute Gasteiger partial charge is 0.341 e. The number of anilines is 1. The number of hydrogen-bond acceptors (Lipinski definition) is 6. The van der Waals surface area contributed by atoms with Gasteiger partial charge in [-0.1, -0.05) is 55.3 Å². The van der Waals surface area contributed by atoms with Crippen molar-refractivity contribution in [3.63, 3.8) is 0 Å². The van der Waals surface area contributed by atoms with Gasteiger partial charge in [-0.15, -0.1) is 0 Å². The maximum Gasteiger partial charge on any atom is 0.341 e. The maximum atomic E-state index is 14.3.